The van der Waals surface area contributed by atoms with Crippen LogP contribution in [0.15, 0.2) is 36.8 Å². The minimum absolute atomic E-state index is 0.0554. The monoisotopic (exact) mass is 505 g/mol. The summed E-state index contributed by atoms with van der Waals surface area (Å²) in [6.07, 6.45) is 4.66. The molecule has 1 N–H and O–H groups in total. The zero-order chi connectivity index (χ0) is 26.2. The summed E-state index contributed by atoms with van der Waals surface area (Å²) in [7, 11) is 0. The van der Waals surface area contributed by atoms with Crippen LogP contribution in [0.5, 0.6) is 5.88 Å². The summed E-state index contributed by atoms with van der Waals surface area (Å²) in [4.78, 5) is 36.4. The smallest absolute Gasteiger partial charge is 0.410 e. The molecule has 1 fully saturated rings. The number of nitrogens with one attached hydrogen (secondary N) is 1. The van der Waals surface area contributed by atoms with Crippen LogP contribution in [0, 0.1) is 0 Å². The summed E-state index contributed by atoms with van der Waals surface area (Å²) in [6.45, 7) is 9.04. The van der Waals surface area contributed by atoms with E-state index in [4.69, 9.17) is 9.47 Å². The van der Waals surface area contributed by atoms with E-state index < -0.39 is 5.60 Å². The number of hydrogen-bond donors (Lipinski definition) is 1. The third-order valence-corrected chi connectivity index (χ3v) is 6.39. The minimum atomic E-state index is -0.548. The molecular formula is C26H31N7O4. The van der Waals surface area contributed by atoms with Gasteiger partial charge in [-0.25, -0.2) is 14.8 Å². The maximum Gasteiger partial charge on any atom is 0.410 e. The highest BCUT2D eigenvalue weighted by atomic mass is 16.6. The van der Waals surface area contributed by atoms with Crippen LogP contribution in [0.25, 0.3) is 11.5 Å². The van der Waals surface area contributed by atoms with Gasteiger partial charge < -0.3 is 24.3 Å². The Morgan fingerprint density at radius 1 is 1.24 bits per heavy atom. The van der Waals surface area contributed by atoms with Crippen molar-refractivity contribution in [3.63, 3.8) is 0 Å². The summed E-state index contributed by atoms with van der Waals surface area (Å²) in [5.74, 6) is 0.989. The number of nitrogens with zero attached hydrogens (tertiary/aromatic N) is 6. The van der Waals surface area contributed by atoms with E-state index in [9.17, 15) is 9.59 Å². The molecule has 1 saturated heterocycles. The molecule has 0 saturated carbocycles. The van der Waals surface area contributed by atoms with Crippen LogP contribution in [0.2, 0.25) is 0 Å². The standard InChI is InChI=1S/C26H31N7O4/c1-16-7-6-10-36-24-19(11-17(12-27-24)18-13-32(14-18)25(35)37-26(2,3)4)23(34)30-21-9-5-8-20(29-21)22-31-28-15-33(16)22/h5,8-9,11-12,15-16,18H,6-7,10,13-14H2,1-4H3,(H,29,30,34)/t16-/m0/s1. The molecule has 2 bridgehead atoms. The Balaban J connectivity index is 1.39. The van der Waals surface area contributed by atoms with Crippen molar-refractivity contribution >= 4 is 17.8 Å². The molecule has 2 aliphatic heterocycles. The molecule has 0 aromatic carbocycles. The number of pyridine rings is 2. The molecule has 2 amide bonds. The van der Waals surface area contributed by atoms with Crippen molar-refractivity contribution in [3.8, 4) is 17.4 Å². The molecule has 3 aromatic heterocycles. The number of hydrogen-bond acceptors (Lipinski definition) is 8. The molecule has 5 rings (SSSR count). The normalized spacial score (nSPS) is 18.4. The van der Waals surface area contributed by atoms with E-state index in [1.165, 1.54) is 0 Å². The fraction of sp³-hybridized carbons (Fsp3) is 0.462. The van der Waals surface area contributed by atoms with Crippen molar-refractivity contribution in [3.05, 3.63) is 47.9 Å². The molecule has 3 aromatic rings. The molecule has 37 heavy (non-hydrogen) atoms. The van der Waals surface area contributed by atoms with Crippen LogP contribution < -0.4 is 10.1 Å². The third-order valence-electron chi connectivity index (χ3n) is 6.39. The summed E-state index contributed by atoms with van der Waals surface area (Å²) in [6, 6.07) is 7.32. The van der Waals surface area contributed by atoms with Gasteiger partial charge in [0, 0.05) is 31.2 Å². The van der Waals surface area contributed by atoms with Crippen LogP contribution in [0.4, 0.5) is 10.6 Å². The van der Waals surface area contributed by atoms with E-state index >= 15 is 0 Å². The Kier molecular flexibility index (Phi) is 6.53. The number of carbonyl (C=O) groups is 2. The molecule has 1 atom stereocenters. The van der Waals surface area contributed by atoms with Crippen LogP contribution in [0.1, 0.15) is 68.4 Å². The lowest BCUT2D eigenvalue weighted by Crippen LogP contribution is -2.50. The fourth-order valence-electron chi connectivity index (χ4n) is 4.38. The van der Waals surface area contributed by atoms with E-state index in [1.54, 1.807) is 29.6 Å². The Bertz CT molecular complexity index is 1310. The number of amides is 2. The molecule has 0 aliphatic carbocycles. The van der Waals surface area contributed by atoms with Gasteiger partial charge in [-0.15, -0.1) is 10.2 Å². The van der Waals surface area contributed by atoms with Gasteiger partial charge in [-0.05, 0) is 64.3 Å². The highest BCUT2D eigenvalue weighted by molar-refractivity contribution is 6.05. The third kappa shape index (κ3) is 5.40. The molecule has 0 spiro atoms. The van der Waals surface area contributed by atoms with Gasteiger partial charge in [0.15, 0.2) is 5.82 Å². The van der Waals surface area contributed by atoms with E-state index in [0.29, 0.717) is 42.6 Å². The van der Waals surface area contributed by atoms with Crippen LogP contribution >= 0.6 is 0 Å². The number of rotatable bonds is 1. The lowest BCUT2D eigenvalue weighted by molar-refractivity contribution is 0.00813. The molecule has 0 unspecified atom stereocenters. The average Bonchev–Trinajstić information content (AvgIpc) is 3.30. The van der Waals surface area contributed by atoms with Gasteiger partial charge in [-0.1, -0.05) is 6.07 Å². The van der Waals surface area contributed by atoms with Crippen molar-refractivity contribution in [2.75, 3.05) is 25.0 Å². The van der Waals surface area contributed by atoms with E-state index in [2.05, 4.69) is 32.4 Å². The zero-order valence-corrected chi connectivity index (χ0v) is 21.5. The zero-order valence-electron chi connectivity index (χ0n) is 21.5. The lowest BCUT2D eigenvalue weighted by atomic mass is 9.92. The van der Waals surface area contributed by atoms with Crippen molar-refractivity contribution in [1.29, 1.82) is 0 Å². The molecule has 5 heterocycles. The van der Waals surface area contributed by atoms with E-state index in [0.717, 1.165) is 18.4 Å². The first kappa shape index (κ1) is 24.7. The van der Waals surface area contributed by atoms with Crippen LogP contribution in [-0.4, -0.2) is 66.9 Å². The molecular weight excluding hydrogens is 474 g/mol. The van der Waals surface area contributed by atoms with Crippen molar-refractivity contribution in [2.24, 2.45) is 0 Å². The minimum Gasteiger partial charge on any atom is -0.477 e. The number of fused-ring (bicyclic) bond motifs is 5. The Morgan fingerprint density at radius 2 is 2.05 bits per heavy atom. The van der Waals surface area contributed by atoms with Crippen molar-refractivity contribution in [2.45, 2.75) is 58.1 Å². The number of ether oxygens (including phenoxy) is 2. The fourth-order valence-corrected chi connectivity index (χ4v) is 4.38. The highest BCUT2D eigenvalue weighted by Crippen LogP contribution is 2.31. The largest absolute Gasteiger partial charge is 0.477 e. The highest BCUT2D eigenvalue weighted by Gasteiger charge is 2.35. The molecule has 11 nitrogen and oxygen atoms in total. The lowest BCUT2D eigenvalue weighted by Gasteiger charge is -2.40. The summed E-state index contributed by atoms with van der Waals surface area (Å²) in [5, 5.41) is 11.2. The predicted molar refractivity (Wildman–Crippen MR) is 135 cm³/mol. The van der Waals surface area contributed by atoms with Gasteiger partial charge >= 0.3 is 6.09 Å². The molecule has 11 heteroatoms. The van der Waals surface area contributed by atoms with Crippen LogP contribution in [-0.2, 0) is 4.74 Å². The number of carbonyl (C=O) groups excluding carboxylic acids is 2. The first-order chi connectivity index (χ1) is 17.7. The van der Waals surface area contributed by atoms with Crippen LogP contribution in [0.3, 0.4) is 0 Å². The van der Waals surface area contributed by atoms with Gasteiger partial charge in [-0.3, -0.25) is 4.79 Å². The first-order valence-corrected chi connectivity index (χ1v) is 12.5. The second-order valence-electron chi connectivity index (χ2n) is 10.5. The van der Waals surface area contributed by atoms with E-state index in [1.807, 2.05) is 37.5 Å². The summed E-state index contributed by atoms with van der Waals surface area (Å²) < 4.78 is 13.4. The maximum atomic E-state index is 13.4. The summed E-state index contributed by atoms with van der Waals surface area (Å²) >= 11 is 0. The SMILES string of the molecule is C[C@H]1CCCOc2ncc(C3CN(C(=O)OC(C)(C)C)C3)cc2C(=O)Nc2cccc(n2)-c2nncn21. The first-order valence-electron chi connectivity index (χ1n) is 12.5. The number of likely N-dealkylation sites (tertiary alicyclic amines) is 1. The maximum absolute atomic E-state index is 13.4. The van der Waals surface area contributed by atoms with Gasteiger partial charge in [0.2, 0.25) is 5.88 Å². The second-order valence-corrected chi connectivity index (χ2v) is 10.5. The van der Waals surface area contributed by atoms with Gasteiger partial charge in [0.25, 0.3) is 5.91 Å². The second kappa shape index (κ2) is 9.79. The molecule has 194 valence electrons. The van der Waals surface area contributed by atoms with Crippen molar-refractivity contribution < 1.29 is 19.1 Å². The van der Waals surface area contributed by atoms with Gasteiger partial charge in [0.1, 0.15) is 29.0 Å². The van der Waals surface area contributed by atoms with Gasteiger partial charge in [-0.2, -0.15) is 0 Å². The Morgan fingerprint density at radius 3 is 2.84 bits per heavy atom. The number of anilines is 1. The Labute approximate surface area is 215 Å². The molecule has 0 radical (unpaired) electrons. The van der Waals surface area contributed by atoms with Gasteiger partial charge in [0.05, 0.1) is 6.61 Å². The molecule has 2 aliphatic rings. The average molecular weight is 506 g/mol. The van der Waals surface area contributed by atoms with E-state index in [-0.39, 0.29) is 29.8 Å². The quantitative estimate of drug-likeness (QED) is 0.525. The Hall–Kier alpha value is -4.02. The predicted octanol–water partition coefficient (Wildman–Crippen LogP) is 4.06. The summed E-state index contributed by atoms with van der Waals surface area (Å²) in [5.41, 5.74) is 1.27. The van der Waals surface area contributed by atoms with Crippen molar-refractivity contribution in [1.82, 2.24) is 29.6 Å². The topological polar surface area (TPSA) is 124 Å². The number of aromatic nitrogens is 5.